The van der Waals surface area contributed by atoms with Crippen molar-refractivity contribution in [1.29, 1.82) is 0 Å². The molecule has 0 amide bonds. The first-order valence-corrected chi connectivity index (χ1v) is 9.24. The summed E-state index contributed by atoms with van der Waals surface area (Å²) in [5.41, 5.74) is 0.369. The van der Waals surface area contributed by atoms with Gasteiger partial charge >= 0.3 is 5.97 Å². The quantitative estimate of drug-likeness (QED) is 0.281. The summed E-state index contributed by atoms with van der Waals surface area (Å²) in [6, 6.07) is 0. The van der Waals surface area contributed by atoms with E-state index >= 15 is 0 Å². The van der Waals surface area contributed by atoms with Gasteiger partial charge in [-0.1, -0.05) is 59.0 Å². The molecular weight excluding hydrogens is 290 g/mol. The normalized spacial score (nSPS) is 12.4. The lowest BCUT2D eigenvalue weighted by atomic mass is 10.1. The van der Waals surface area contributed by atoms with Gasteiger partial charge in [-0.25, -0.2) is 4.79 Å². The van der Waals surface area contributed by atoms with Gasteiger partial charge in [0.25, 0.3) is 0 Å². The monoisotopic (exact) mass is 327 g/mol. The highest BCUT2D eigenvalue weighted by Gasteiger charge is 2.14. The van der Waals surface area contributed by atoms with E-state index in [4.69, 9.17) is 4.74 Å². The second-order valence-electron chi connectivity index (χ2n) is 6.45. The average molecular weight is 328 g/mol. The van der Waals surface area contributed by atoms with Gasteiger partial charge in [-0.05, 0) is 32.9 Å². The van der Waals surface area contributed by atoms with Crippen LogP contribution in [0.1, 0.15) is 72.1 Å². The predicted octanol–water partition coefficient (Wildman–Crippen LogP) is 3.93. The van der Waals surface area contributed by atoms with E-state index in [2.05, 4.69) is 25.3 Å². The Labute approximate surface area is 142 Å². The number of nitrogens with zero attached hydrogens (tertiary/aromatic N) is 1. The van der Waals surface area contributed by atoms with Gasteiger partial charge < -0.3 is 14.7 Å². The lowest BCUT2D eigenvalue weighted by Gasteiger charge is -2.25. The van der Waals surface area contributed by atoms with Gasteiger partial charge in [0.05, 0.1) is 0 Å². The van der Waals surface area contributed by atoms with E-state index in [-0.39, 0.29) is 6.61 Å². The third-order valence-electron chi connectivity index (χ3n) is 3.88. The Morgan fingerprint density at radius 1 is 1.04 bits per heavy atom. The fraction of sp³-hybridized carbons (Fsp3) is 0.842. The second-order valence-corrected chi connectivity index (χ2v) is 6.45. The van der Waals surface area contributed by atoms with Crippen LogP contribution in [-0.4, -0.2) is 48.3 Å². The maximum atomic E-state index is 11.4. The number of aliphatic hydroxyl groups excluding tert-OH is 1. The number of rotatable bonds is 15. The van der Waals surface area contributed by atoms with E-state index in [1.54, 1.807) is 6.92 Å². The van der Waals surface area contributed by atoms with E-state index in [0.29, 0.717) is 12.1 Å². The van der Waals surface area contributed by atoms with E-state index in [1.165, 1.54) is 51.4 Å². The minimum atomic E-state index is -0.629. The van der Waals surface area contributed by atoms with Crippen LogP contribution in [0.25, 0.3) is 0 Å². The van der Waals surface area contributed by atoms with E-state index < -0.39 is 12.1 Å². The van der Waals surface area contributed by atoms with Gasteiger partial charge in [-0.3, -0.25) is 0 Å². The number of esters is 1. The molecule has 0 aromatic rings. The van der Waals surface area contributed by atoms with Crippen LogP contribution in [0.3, 0.4) is 0 Å². The van der Waals surface area contributed by atoms with Crippen LogP contribution in [-0.2, 0) is 9.53 Å². The van der Waals surface area contributed by atoms with Crippen molar-refractivity contribution in [2.45, 2.75) is 78.2 Å². The molecule has 0 aliphatic carbocycles. The van der Waals surface area contributed by atoms with Crippen molar-refractivity contribution in [3.05, 3.63) is 12.2 Å². The third kappa shape index (κ3) is 13.3. The molecule has 0 aromatic heterocycles. The number of hydrogen-bond acceptors (Lipinski definition) is 4. The zero-order chi connectivity index (χ0) is 17.5. The molecule has 4 heteroatoms. The molecule has 0 saturated heterocycles. The molecule has 1 unspecified atom stereocenters. The van der Waals surface area contributed by atoms with Gasteiger partial charge in [0.2, 0.25) is 0 Å². The number of carbonyl (C=O) groups excluding carboxylic acids is 1. The first-order valence-electron chi connectivity index (χ1n) is 9.24. The van der Waals surface area contributed by atoms with Crippen LogP contribution in [0.15, 0.2) is 12.2 Å². The van der Waals surface area contributed by atoms with Crippen LogP contribution < -0.4 is 0 Å². The van der Waals surface area contributed by atoms with Gasteiger partial charge in [0, 0.05) is 12.1 Å². The first-order chi connectivity index (χ1) is 11.0. The maximum Gasteiger partial charge on any atom is 0.333 e. The molecule has 1 atom stereocenters. The molecule has 0 aliphatic rings. The van der Waals surface area contributed by atoms with Gasteiger partial charge in [-0.15, -0.1) is 0 Å². The third-order valence-corrected chi connectivity index (χ3v) is 3.88. The summed E-state index contributed by atoms with van der Waals surface area (Å²) in [5, 5.41) is 10.1. The maximum absolute atomic E-state index is 11.4. The summed E-state index contributed by atoms with van der Waals surface area (Å²) < 4.78 is 5.04. The molecule has 0 bridgehead atoms. The van der Waals surface area contributed by atoms with Crippen LogP contribution in [0.2, 0.25) is 0 Å². The van der Waals surface area contributed by atoms with Crippen molar-refractivity contribution in [2.75, 3.05) is 26.2 Å². The van der Waals surface area contributed by atoms with Gasteiger partial charge in [0.15, 0.2) is 0 Å². The van der Waals surface area contributed by atoms with Gasteiger partial charge in [-0.2, -0.15) is 0 Å². The molecule has 136 valence electrons. The minimum Gasteiger partial charge on any atom is -0.460 e. The van der Waals surface area contributed by atoms with Crippen molar-refractivity contribution in [1.82, 2.24) is 4.90 Å². The molecule has 0 aromatic carbocycles. The fourth-order valence-electron chi connectivity index (χ4n) is 2.46. The summed E-state index contributed by atoms with van der Waals surface area (Å²) in [6.45, 7) is 12.2. The molecule has 0 rings (SSSR count). The van der Waals surface area contributed by atoms with E-state index in [1.807, 2.05) is 0 Å². The van der Waals surface area contributed by atoms with Gasteiger partial charge in [0.1, 0.15) is 12.7 Å². The molecule has 0 spiro atoms. The number of ether oxygens (including phenoxy) is 1. The van der Waals surface area contributed by atoms with Crippen molar-refractivity contribution in [3.63, 3.8) is 0 Å². The van der Waals surface area contributed by atoms with Crippen molar-refractivity contribution < 1.29 is 14.6 Å². The lowest BCUT2D eigenvalue weighted by molar-refractivity contribution is -0.142. The number of unbranched alkanes of at least 4 members (excludes halogenated alkanes) is 6. The Kier molecular flexibility index (Phi) is 14.1. The number of hydrogen-bond donors (Lipinski definition) is 1. The smallest absolute Gasteiger partial charge is 0.333 e. The highest BCUT2D eigenvalue weighted by molar-refractivity contribution is 5.86. The van der Waals surface area contributed by atoms with E-state index in [0.717, 1.165) is 13.1 Å². The SMILES string of the molecule is C=C(C)C(=O)OCC(O)CN(CCCCCC)CCCCCC. The summed E-state index contributed by atoms with van der Waals surface area (Å²) in [7, 11) is 0. The topological polar surface area (TPSA) is 49.8 Å². The standard InChI is InChI=1S/C19H37NO3/c1-5-7-9-11-13-20(14-12-10-8-6-2)15-18(21)16-23-19(22)17(3)4/h18,21H,3,5-16H2,1-2,4H3. The highest BCUT2D eigenvalue weighted by Crippen LogP contribution is 2.07. The average Bonchev–Trinajstić information content (AvgIpc) is 2.52. The molecule has 4 nitrogen and oxygen atoms in total. The molecule has 0 radical (unpaired) electrons. The van der Waals surface area contributed by atoms with E-state index in [9.17, 15) is 9.90 Å². The summed E-state index contributed by atoms with van der Waals surface area (Å²) in [6.07, 6.45) is 9.18. The molecule has 0 heterocycles. The number of carbonyl (C=O) groups is 1. The Morgan fingerprint density at radius 2 is 1.57 bits per heavy atom. The van der Waals surface area contributed by atoms with Crippen molar-refractivity contribution >= 4 is 5.97 Å². The van der Waals surface area contributed by atoms with Crippen molar-refractivity contribution in [3.8, 4) is 0 Å². The Balaban J connectivity index is 4.13. The van der Waals surface area contributed by atoms with Crippen LogP contribution in [0, 0.1) is 0 Å². The van der Waals surface area contributed by atoms with Crippen LogP contribution in [0.4, 0.5) is 0 Å². The number of aliphatic hydroxyl groups is 1. The lowest BCUT2D eigenvalue weighted by Crippen LogP contribution is -2.36. The zero-order valence-corrected chi connectivity index (χ0v) is 15.5. The van der Waals surface area contributed by atoms with Crippen molar-refractivity contribution in [2.24, 2.45) is 0 Å². The molecular formula is C19H37NO3. The fourth-order valence-corrected chi connectivity index (χ4v) is 2.46. The summed E-state index contributed by atoms with van der Waals surface area (Å²) in [4.78, 5) is 13.7. The Hall–Kier alpha value is -0.870. The second kappa shape index (κ2) is 14.7. The van der Waals surface area contributed by atoms with Crippen LogP contribution >= 0.6 is 0 Å². The predicted molar refractivity (Wildman–Crippen MR) is 96.5 cm³/mol. The Morgan fingerprint density at radius 3 is 2.00 bits per heavy atom. The zero-order valence-electron chi connectivity index (χ0n) is 15.5. The minimum absolute atomic E-state index is 0.0477. The summed E-state index contributed by atoms with van der Waals surface area (Å²) in [5.74, 6) is -0.429. The Bertz CT molecular complexity index is 306. The van der Waals surface area contributed by atoms with Crippen LogP contribution in [0.5, 0.6) is 0 Å². The first kappa shape index (κ1) is 22.1. The molecule has 1 N–H and O–H groups in total. The molecule has 0 saturated carbocycles. The molecule has 0 aliphatic heterocycles. The summed E-state index contributed by atoms with van der Waals surface area (Å²) >= 11 is 0. The largest absolute Gasteiger partial charge is 0.460 e. The molecule has 0 fully saturated rings. The highest BCUT2D eigenvalue weighted by atomic mass is 16.5. The molecule has 23 heavy (non-hydrogen) atoms.